The Hall–Kier alpha value is -1.34. The molecule has 0 aromatic rings. The third kappa shape index (κ3) is 12.8. The summed E-state index contributed by atoms with van der Waals surface area (Å²) in [5.74, 6) is -1.18. The Morgan fingerprint density at radius 2 is 1.30 bits per heavy atom. The van der Waals surface area contributed by atoms with Crippen molar-refractivity contribution in [2.24, 2.45) is 0 Å². The summed E-state index contributed by atoms with van der Waals surface area (Å²) >= 11 is 0. The van der Waals surface area contributed by atoms with Gasteiger partial charge in [0.1, 0.15) is 24.4 Å². The summed E-state index contributed by atoms with van der Waals surface area (Å²) in [5, 5.41) is 49.1. The maximum atomic E-state index is 12.6. The quantitative estimate of drug-likeness (QED) is 0.112. The molecule has 1 aliphatic rings. The number of hydrogen-bond donors (Lipinski definition) is 5. The molecule has 1 heterocycles. The molecule has 0 saturated carbocycles. The topological polar surface area (TPSA) is 172 Å². The van der Waals surface area contributed by atoms with E-state index in [2.05, 4.69) is 13.8 Å². The largest absolute Gasteiger partial charge is 0.455 e. The fourth-order valence-electron chi connectivity index (χ4n) is 4.03. The number of aliphatic hydroxyl groups excluding tert-OH is 5. The van der Waals surface area contributed by atoms with Gasteiger partial charge in [-0.1, -0.05) is 65.2 Å². The second kappa shape index (κ2) is 19.7. The number of aliphatic hydroxyl groups is 5. The van der Waals surface area contributed by atoms with Gasteiger partial charge in [0.15, 0.2) is 18.5 Å². The van der Waals surface area contributed by atoms with Gasteiger partial charge in [-0.3, -0.25) is 9.59 Å². The molecule has 7 atom stereocenters. The van der Waals surface area contributed by atoms with Gasteiger partial charge in [-0.15, -0.1) is 0 Å². The highest BCUT2D eigenvalue weighted by atomic mass is 16.7. The molecule has 11 heteroatoms. The van der Waals surface area contributed by atoms with Crippen LogP contribution in [0.15, 0.2) is 0 Å². The van der Waals surface area contributed by atoms with Gasteiger partial charge < -0.3 is 44.5 Å². The first-order valence-electron chi connectivity index (χ1n) is 13.7. The predicted molar refractivity (Wildman–Crippen MR) is 133 cm³/mol. The second-order valence-electron chi connectivity index (χ2n) is 9.60. The Bertz CT molecular complexity index is 617. The second-order valence-corrected chi connectivity index (χ2v) is 9.60. The van der Waals surface area contributed by atoms with Crippen LogP contribution in [0.2, 0.25) is 0 Å². The number of ether oxygens (including phenoxy) is 4. The van der Waals surface area contributed by atoms with E-state index in [0.717, 1.165) is 51.4 Å². The number of esters is 2. The maximum absolute atomic E-state index is 12.6. The lowest BCUT2D eigenvalue weighted by Gasteiger charge is -2.43. The first-order chi connectivity index (χ1) is 17.8. The monoisotopic (exact) mass is 536 g/mol. The lowest BCUT2D eigenvalue weighted by molar-refractivity contribution is -0.311. The third-order valence-corrected chi connectivity index (χ3v) is 6.36. The van der Waals surface area contributed by atoms with Crippen LogP contribution in [0.5, 0.6) is 0 Å². The van der Waals surface area contributed by atoms with E-state index in [9.17, 15) is 30.0 Å². The molecule has 1 aliphatic heterocycles. The van der Waals surface area contributed by atoms with Gasteiger partial charge in [0.25, 0.3) is 0 Å². The predicted octanol–water partition coefficient (Wildman–Crippen LogP) is 1.34. The van der Waals surface area contributed by atoms with E-state index in [4.69, 9.17) is 24.1 Å². The van der Waals surface area contributed by atoms with Crippen LogP contribution < -0.4 is 0 Å². The van der Waals surface area contributed by atoms with Crippen LogP contribution in [0.4, 0.5) is 0 Å². The first kappa shape index (κ1) is 33.7. The Balaban J connectivity index is 2.94. The van der Waals surface area contributed by atoms with E-state index in [1.165, 1.54) is 0 Å². The lowest BCUT2D eigenvalue weighted by atomic mass is 9.98. The average Bonchev–Trinajstić information content (AvgIpc) is 2.89. The SMILES string of the molecule is CCCCCCCC(=O)O[C@@H]1[C@H](OC[C@@H](O)[C@H](O)CO)O[C@H](CO)[C@@H](O)[C@@H]1OC(=O)CCCCCCC. The van der Waals surface area contributed by atoms with E-state index < -0.39 is 74.7 Å². The fourth-order valence-corrected chi connectivity index (χ4v) is 4.03. The summed E-state index contributed by atoms with van der Waals surface area (Å²) < 4.78 is 22.2. The molecule has 5 N–H and O–H groups in total. The molecule has 0 aliphatic carbocycles. The van der Waals surface area contributed by atoms with Gasteiger partial charge in [0.2, 0.25) is 0 Å². The van der Waals surface area contributed by atoms with Crippen molar-refractivity contribution in [2.45, 2.75) is 134 Å². The highest BCUT2D eigenvalue weighted by molar-refractivity contribution is 5.70. The maximum Gasteiger partial charge on any atom is 0.306 e. The summed E-state index contributed by atoms with van der Waals surface area (Å²) in [7, 11) is 0. The minimum Gasteiger partial charge on any atom is -0.455 e. The van der Waals surface area contributed by atoms with Crippen LogP contribution in [0.25, 0.3) is 0 Å². The van der Waals surface area contributed by atoms with Crippen molar-refractivity contribution in [3.8, 4) is 0 Å². The Morgan fingerprint density at radius 3 is 1.78 bits per heavy atom. The van der Waals surface area contributed by atoms with E-state index in [0.29, 0.717) is 12.8 Å². The van der Waals surface area contributed by atoms with E-state index in [1.807, 2.05) is 0 Å². The van der Waals surface area contributed by atoms with Crippen molar-refractivity contribution in [1.82, 2.24) is 0 Å². The molecule has 0 radical (unpaired) electrons. The fraction of sp³-hybridized carbons (Fsp3) is 0.923. The highest BCUT2D eigenvalue weighted by Gasteiger charge is 2.50. The van der Waals surface area contributed by atoms with Gasteiger partial charge in [-0.25, -0.2) is 0 Å². The summed E-state index contributed by atoms with van der Waals surface area (Å²) in [5.41, 5.74) is 0. The van der Waals surface area contributed by atoms with E-state index >= 15 is 0 Å². The Morgan fingerprint density at radius 1 is 0.784 bits per heavy atom. The van der Waals surface area contributed by atoms with E-state index in [1.54, 1.807) is 0 Å². The molecule has 37 heavy (non-hydrogen) atoms. The van der Waals surface area contributed by atoms with Gasteiger partial charge >= 0.3 is 11.9 Å². The van der Waals surface area contributed by atoms with Crippen LogP contribution in [0.1, 0.15) is 90.9 Å². The first-order valence-corrected chi connectivity index (χ1v) is 13.7. The van der Waals surface area contributed by atoms with Gasteiger partial charge in [0.05, 0.1) is 19.8 Å². The zero-order valence-electron chi connectivity index (χ0n) is 22.3. The van der Waals surface area contributed by atoms with Crippen LogP contribution in [0, 0.1) is 0 Å². The lowest BCUT2D eigenvalue weighted by Crippen LogP contribution is -2.62. The molecular formula is C26H48O11. The molecule has 0 bridgehead atoms. The minimum atomic E-state index is -1.50. The number of hydrogen-bond acceptors (Lipinski definition) is 11. The molecule has 218 valence electrons. The molecular weight excluding hydrogens is 488 g/mol. The summed E-state index contributed by atoms with van der Waals surface area (Å²) in [6.07, 6.45) is -0.445. The molecule has 1 rings (SSSR count). The van der Waals surface area contributed by atoms with Crippen molar-refractivity contribution >= 4 is 11.9 Å². The number of rotatable bonds is 20. The van der Waals surface area contributed by atoms with Gasteiger partial charge in [-0.2, -0.15) is 0 Å². The zero-order valence-corrected chi connectivity index (χ0v) is 22.3. The van der Waals surface area contributed by atoms with Crippen LogP contribution in [-0.4, -0.2) is 100 Å². The van der Waals surface area contributed by atoms with Crippen molar-refractivity contribution in [2.75, 3.05) is 19.8 Å². The molecule has 0 aromatic heterocycles. The van der Waals surface area contributed by atoms with Crippen LogP contribution in [0.3, 0.4) is 0 Å². The molecule has 1 fully saturated rings. The van der Waals surface area contributed by atoms with Crippen LogP contribution >= 0.6 is 0 Å². The number of unbranched alkanes of at least 4 members (excludes halogenated alkanes) is 8. The molecule has 11 nitrogen and oxygen atoms in total. The number of carbonyl (C=O) groups is 2. The van der Waals surface area contributed by atoms with Crippen LogP contribution in [-0.2, 0) is 28.5 Å². The molecule has 0 spiro atoms. The average molecular weight is 537 g/mol. The molecule has 0 amide bonds. The van der Waals surface area contributed by atoms with Gasteiger partial charge in [0, 0.05) is 12.8 Å². The Labute approximate surface area is 220 Å². The molecule has 0 unspecified atom stereocenters. The standard InChI is InChI=1S/C26H48O11/c1-3-5-7-9-11-13-21(31)36-24-23(33)20(16-28)35-26(34-17-19(30)18(29)15-27)25(24)37-22(32)14-12-10-8-6-4-2/h18-20,23-30,33H,3-17H2,1-2H3/t18-,19-,20-,23-,24+,25+,26-/m1/s1. The molecule has 0 aromatic carbocycles. The Kier molecular flexibility index (Phi) is 17.9. The zero-order chi connectivity index (χ0) is 27.6. The van der Waals surface area contributed by atoms with E-state index in [-0.39, 0.29) is 12.8 Å². The third-order valence-electron chi connectivity index (χ3n) is 6.36. The van der Waals surface area contributed by atoms with Crippen molar-refractivity contribution in [3.05, 3.63) is 0 Å². The van der Waals surface area contributed by atoms with Crippen molar-refractivity contribution in [3.63, 3.8) is 0 Å². The smallest absolute Gasteiger partial charge is 0.306 e. The molecule has 1 saturated heterocycles. The summed E-state index contributed by atoms with van der Waals surface area (Å²) in [6, 6.07) is 0. The summed E-state index contributed by atoms with van der Waals surface area (Å²) in [6.45, 7) is 2.33. The minimum absolute atomic E-state index is 0.108. The van der Waals surface area contributed by atoms with Crippen molar-refractivity contribution in [1.29, 1.82) is 0 Å². The van der Waals surface area contributed by atoms with Gasteiger partial charge in [-0.05, 0) is 12.8 Å². The summed E-state index contributed by atoms with van der Waals surface area (Å²) in [4.78, 5) is 25.2. The normalized spacial score (nSPS) is 25.4. The number of carbonyl (C=O) groups excluding carboxylic acids is 2. The van der Waals surface area contributed by atoms with Crippen molar-refractivity contribution < 1.29 is 54.1 Å². The highest BCUT2D eigenvalue weighted by Crippen LogP contribution is 2.28.